The molecule has 1 heterocycles. The van der Waals surface area contributed by atoms with E-state index in [1.165, 1.54) is 11.3 Å². The number of aliphatic carboxylic acids is 1. The Hall–Kier alpha value is -0.870. The Morgan fingerprint density at radius 3 is 2.76 bits per heavy atom. The smallest absolute Gasteiger partial charge is 0.306 e. The summed E-state index contributed by atoms with van der Waals surface area (Å²) in [6.45, 7) is 1.97. The van der Waals surface area contributed by atoms with Gasteiger partial charge in [0.15, 0.2) is 0 Å². The molecular weight excluding hydrogens is 236 g/mol. The van der Waals surface area contributed by atoms with E-state index >= 15 is 0 Å². The molecule has 0 aromatic carbocycles. The van der Waals surface area contributed by atoms with Gasteiger partial charge in [0.05, 0.1) is 12.0 Å². The van der Waals surface area contributed by atoms with Crippen molar-refractivity contribution >= 4 is 17.3 Å². The van der Waals surface area contributed by atoms with Crippen LogP contribution in [-0.2, 0) is 4.79 Å². The van der Waals surface area contributed by atoms with Crippen LogP contribution in [0.25, 0.3) is 0 Å². The van der Waals surface area contributed by atoms with Crippen LogP contribution in [0.5, 0.6) is 0 Å². The molecule has 1 aliphatic rings. The molecular formula is C13H18O3S. The fraction of sp³-hybridized carbons (Fsp3) is 0.615. The van der Waals surface area contributed by atoms with Crippen LogP contribution < -0.4 is 0 Å². The van der Waals surface area contributed by atoms with E-state index in [4.69, 9.17) is 0 Å². The highest BCUT2D eigenvalue weighted by Gasteiger charge is 2.36. The number of aliphatic hydroxyl groups is 1. The minimum atomic E-state index is -0.761. The molecule has 0 bridgehead atoms. The van der Waals surface area contributed by atoms with Gasteiger partial charge >= 0.3 is 5.97 Å². The molecule has 3 nitrogen and oxygen atoms in total. The summed E-state index contributed by atoms with van der Waals surface area (Å²) in [5, 5.41) is 21.5. The minimum absolute atomic E-state index is 0.126. The lowest BCUT2D eigenvalue weighted by molar-refractivity contribution is -0.147. The van der Waals surface area contributed by atoms with Gasteiger partial charge < -0.3 is 10.2 Å². The monoisotopic (exact) mass is 254 g/mol. The lowest BCUT2D eigenvalue weighted by Crippen LogP contribution is -2.31. The molecule has 17 heavy (non-hydrogen) atoms. The highest BCUT2D eigenvalue weighted by molar-refractivity contribution is 7.10. The van der Waals surface area contributed by atoms with E-state index in [0.29, 0.717) is 6.42 Å². The first-order chi connectivity index (χ1) is 8.11. The molecule has 4 heteroatoms. The largest absolute Gasteiger partial charge is 0.481 e. The lowest BCUT2D eigenvalue weighted by atomic mass is 9.75. The van der Waals surface area contributed by atoms with Crippen molar-refractivity contribution < 1.29 is 15.0 Å². The normalized spacial score (nSPS) is 26.7. The van der Waals surface area contributed by atoms with E-state index in [-0.39, 0.29) is 11.8 Å². The molecule has 0 radical (unpaired) electrons. The van der Waals surface area contributed by atoms with Gasteiger partial charge in [-0.15, -0.1) is 11.3 Å². The molecule has 3 atom stereocenters. The Labute approximate surface area is 105 Å². The van der Waals surface area contributed by atoms with Crippen LogP contribution in [0.15, 0.2) is 11.4 Å². The van der Waals surface area contributed by atoms with Gasteiger partial charge in [0.25, 0.3) is 0 Å². The zero-order chi connectivity index (χ0) is 12.4. The van der Waals surface area contributed by atoms with E-state index < -0.39 is 12.1 Å². The quantitative estimate of drug-likeness (QED) is 0.871. The molecule has 1 fully saturated rings. The molecule has 3 unspecified atom stereocenters. The first kappa shape index (κ1) is 12.6. The number of hydrogen-bond donors (Lipinski definition) is 2. The summed E-state index contributed by atoms with van der Waals surface area (Å²) in [6.07, 6.45) is 2.88. The maximum atomic E-state index is 11.2. The third-order valence-corrected chi connectivity index (χ3v) is 4.80. The van der Waals surface area contributed by atoms with E-state index in [1.807, 2.05) is 18.4 Å². The standard InChI is InChI=1S/C13H18O3S/c1-8-6-7-17-12(8)11(14)9-4-2-3-5-10(9)13(15)16/h6-7,9-11,14H,2-5H2,1H3,(H,15,16). The molecule has 1 saturated carbocycles. The van der Waals surface area contributed by atoms with Crippen LogP contribution in [0.4, 0.5) is 0 Å². The average molecular weight is 254 g/mol. The van der Waals surface area contributed by atoms with E-state index in [1.54, 1.807) is 0 Å². The van der Waals surface area contributed by atoms with Crippen molar-refractivity contribution in [3.8, 4) is 0 Å². The van der Waals surface area contributed by atoms with Crippen molar-refractivity contribution in [2.45, 2.75) is 38.7 Å². The molecule has 0 saturated heterocycles. The van der Waals surface area contributed by atoms with Crippen LogP contribution in [0.2, 0.25) is 0 Å². The van der Waals surface area contributed by atoms with Gasteiger partial charge in [-0.3, -0.25) is 4.79 Å². The zero-order valence-corrected chi connectivity index (χ0v) is 10.7. The van der Waals surface area contributed by atoms with Gasteiger partial charge in [-0.05, 0) is 36.8 Å². The van der Waals surface area contributed by atoms with Crippen molar-refractivity contribution in [2.75, 3.05) is 0 Å². The Balaban J connectivity index is 2.19. The molecule has 1 aliphatic carbocycles. The van der Waals surface area contributed by atoms with Gasteiger partial charge in [0.1, 0.15) is 0 Å². The van der Waals surface area contributed by atoms with Crippen LogP contribution in [0.1, 0.15) is 42.2 Å². The van der Waals surface area contributed by atoms with Crippen molar-refractivity contribution in [3.63, 3.8) is 0 Å². The highest BCUT2D eigenvalue weighted by atomic mass is 32.1. The van der Waals surface area contributed by atoms with E-state index in [2.05, 4.69) is 0 Å². The number of aryl methyl sites for hydroxylation is 1. The Bertz CT molecular complexity index is 399. The van der Waals surface area contributed by atoms with Gasteiger partial charge in [-0.25, -0.2) is 0 Å². The van der Waals surface area contributed by atoms with E-state index in [0.717, 1.165) is 29.7 Å². The Morgan fingerprint density at radius 1 is 1.47 bits per heavy atom. The number of carbonyl (C=O) groups is 1. The number of aliphatic hydroxyl groups excluding tert-OH is 1. The second-order valence-corrected chi connectivity index (χ2v) is 5.75. The summed E-state index contributed by atoms with van der Waals surface area (Å²) in [4.78, 5) is 12.1. The summed E-state index contributed by atoms with van der Waals surface area (Å²) in [6, 6.07) is 1.97. The third-order valence-electron chi connectivity index (χ3n) is 3.71. The van der Waals surface area contributed by atoms with Crippen LogP contribution in [0, 0.1) is 18.8 Å². The number of carboxylic acid groups (broad SMARTS) is 1. The summed E-state index contributed by atoms with van der Waals surface area (Å²) in [5.41, 5.74) is 1.07. The Kier molecular flexibility index (Phi) is 3.84. The first-order valence-electron chi connectivity index (χ1n) is 6.06. The van der Waals surface area contributed by atoms with Crippen LogP contribution in [0.3, 0.4) is 0 Å². The van der Waals surface area contributed by atoms with Crippen LogP contribution >= 0.6 is 11.3 Å². The predicted molar refractivity (Wildman–Crippen MR) is 67.1 cm³/mol. The molecule has 2 N–H and O–H groups in total. The summed E-state index contributed by atoms with van der Waals surface area (Å²) < 4.78 is 0. The van der Waals surface area contributed by atoms with Crippen LogP contribution in [-0.4, -0.2) is 16.2 Å². The van der Waals surface area contributed by atoms with Crippen molar-refractivity contribution in [1.29, 1.82) is 0 Å². The molecule has 94 valence electrons. The van der Waals surface area contributed by atoms with Gasteiger partial charge in [-0.1, -0.05) is 12.8 Å². The molecule has 1 aromatic rings. The SMILES string of the molecule is Cc1ccsc1C(O)C1CCCCC1C(=O)O. The summed E-state index contributed by atoms with van der Waals surface area (Å²) in [5.74, 6) is -1.28. The van der Waals surface area contributed by atoms with Gasteiger partial charge in [0.2, 0.25) is 0 Å². The number of rotatable bonds is 3. The highest BCUT2D eigenvalue weighted by Crippen LogP contribution is 2.41. The average Bonchev–Trinajstić information content (AvgIpc) is 2.74. The zero-order valence-electron chi connectivity index (χ0n) is 9.93. The molecule has 0 spiro atoms. The molecule has 0 amide bonds. The fourth-order valence-electron chi connectivity index (χ4n) is 2.73. The molecule has 2 rings (SSSR count). The minimum Gasteiger partial charge on any atom is -0.481 e. The molecule has 0 aliphatic heterocycles. The topological polar surface area (TPSA) is 57.5 Å². The second kappa shape index (κ2) is 5.19. The molecule has 1 aromatic heterocycles. The number of carboxylic acids is 1. The third kappa shape index (κ3) is 2.53. The van der Waals surface area contributed by atoms with Crippen molar-refractivity contribution in [2.24, 2.45) is 11.8 Å². The van der Waals surface area contributed by atoms with Crippen molar-refractivity contribution in [3.05, 3.63) is 21.9 Å². The van der Waals surface area contributed by atoms with Crippen molar-refractivity contribution in [1.82, 2.24) is 0 Å². The summed E-state index contributed by atoms with van der Waals surface area (Å²) >= 11 is 1.52. The summed E-state index contributed by atoms with van der Waals surface area (Å²) in [7, 11) is 0. The second-order valence-electron chi connectivity index (χ2n) is 4.81. The Morgan fingerprint density at radius 2 is 2.18 bits per heavy atom. The van der Waals surface area contributed by atoms with Gasteiger partial charge in [0, 0.05) is 10.8 Å². The van der Waals surface area contributed by atoms with E-state index in [9.17, 15) is 15.0 Å². The first-order valence-corrected chi connectivity index (χ1v) is 6.94. The predicted octanol–water partition coefficient (Wildman–Crippen LogP) is 2.98. The number of thiophene rings is 1. The maximum Gasteiger partial charge on any atom is 0.306 e. The lowest BCUT2D eigenvalue weighted by Gasteiger charge is -2.32. The fourth-order valence-corrected chi connectivity index (χ4v) is 3.71. The van der Waals surface area contributed by atoms with Gasteiger partial charge in [-0.2, -0.15) is 0 Å². The maximum absolute atomic E-state index is 11.2. The number of hydrogen-bond acceptors (Lipinski definition) is 3.